The predicted molar refractivity (Wildman–Crippen MR) is 225 cm³/mol. The fourth-order valence-electron chi connectivity index (χ4n) is 5.83. The fourth-order valence-corrected chi connectivity index (χ4v) is 5.83. The van der Waals surface area contributed by atoms with Gasteiger partial charge in [0.25, 0.3) is 5.56 Å². The van der Waals surface area contributed by atoms with Crippen LogP contribution in [0, 0.1) is 6.92 Å². The van der Waals surface area contributed by atoms with Gasteiger partial charge in [0.05, 0.1) is 13.4 Å². The summed E-state index contributed by atoms with van der Waals surface area (Å²) in [6.07, 6.45) is 2.82. The molecule has 0 radical (unpaired) electrons. The Bertz CT molecular complexity index is 2460. The molecule has 0 saturated carbocycles. The standard InChI is InChI=1S/C38H49N15O11/c1-23-15-51(37(61)49-34(23)59)19-30(58)53(16-27(55)42-12-10-26(54)48-25(35(60)63-2)9-6-11-43-36(40)41)29(57)18-50(14-13-44-38(62)64-20-24-7-4-3-5-8-24)28(56)17-52-22-47-31-32(39)45-21-46-33(31)52/h3-5,7-8,15,21-22,25H,6,9-14,16-20H2,1-2H3,(H,42,55)(H,44,62)(H,48,54)(H2,39,45,46)(H4,40,41,43)(H,49,59,61)/t25-/m0/s1. The van der Waals surface area contributed by atoms with Crippen molar-refractivity contribution in [3.63, 3.8) is 0 Å². The number of benzene rings is 1. The number of aryl methyl sites for hydroxylation is 1. The molecule has 342 valence electrons. The number of ether oxygens (including phenoxy) is 2. The molecule has 1 atom stereocenters. The second kappa shape index (κ2) is 23.7. The van der Waals surface area contributed by atoms with Crippen molar-refractivity contribution in [1.29, 1.82) is 0 Å². The van der Waals surface area contributed by atoms with Crippen LogP contribution < -0.4 is 44.4 Å². The number of aromatic amines is 1. The van der Waals surface area contributed by atoms with Crippen molar-refractivity contribution in [2.45, 2.75) is 51.9 Å². The van der Waals surface area contributed by atoms with E-state index < -0.39 is 85.1 Å². The fraction of sp³-hybridized carbons (Fsp3) is 0.395. The van der Waals surface area contributed by atoms with Crippen LogP contribution in [0.1, 0.15) is 30.4 Å². The predicted octanol–water partition coefficient (Wildman–Crippen LogP) is -3.40. The maximum absolute atomic E-state index is 14.1. The number of amides is 6. The van der Waals surface area contributed by atoms with Crippen LogP contribution in [0.2, 0.25) is 0 Å². The lowest BCUT2D eigenvalue weighted by Gasteiger charge is -2.27. The summed E-state index contributed by atoms with van der Waals surface area (Å²) < 4.78 is 12.2. The van der Waals surface area contributed by atoms with E-state index >= 15 is 0 Å². The van der Waals surface area contributed by atoms with Crippen molar-refractivity contribution in [1.82, 2.24) is 54.8 Å². The molecule has 26 nitrogen and oxygen atoms in total. The van der Waals surface area contributed by atoms with E-state index in [1.807, 2.05) is 4.98 Å². The third kappa shape index (κ3) is 14.8. The van der Waals surface area contributed by atoms with Crippen molar-refractivity contribution in [2.24, 2.45) is 16.5 Å². The number of fused-ring (bicyclic) bond motifs is 1. The molecule has 4 aromatic rings. The molecule has 0 aliphatic heterocycles. The van der Waals surface area contributed by atoms with Crippen molar-refractivity contribution < 1.29 is 43.0 Å². The normalized spacial score (nSPS) is 11.2. The Hall–Kier alpha value is -8.19. The molecule has 26 heteroatoms. The molecule has 4 rings (SSSR count). The number of H-pyrrole nitrogens is 1. The minimum Gasteiger partial charge on any atom is -0.467 e. The highest BCUT2D eigenvalue weighted by atomic mass is 16.5. The number of nitrogens with two attached hydrogens (primary N) is 3. The molecule has 0 saturated heterocycles. The topological polar surface area (TPSA) is 369 Å². The third-order valence-corrected chi connectivity index (χ3v) is 9.12. The Morgan fingerprint density at radius 1 is 0.906 bits per heavy atom. The number of carbonyl (C=O) groups excluding carboxylic acids is 7. The van der Waals surface area contributed by atoms with Crippen LogP contribution in [0.15, 0.2) is 63.8 Å². The lowest BCUT2D eigenvalue weighted by atomic mass is 10.1. The zero-order valence-electron chi connectivity index (χ0n) is 35.0. The van der Waals surface area contributed by atoms with Crippen LogP contribution in [0.5, 0.6) is 0 Å². The SMILES string of the molecule is COC(=O)[C@H](CCCN=C(N)N)NC(=O)CCNC(=O)CN(C(=O)CN(CCNC(=O)OCc1ccccc1)C(=O)Cn1cnc2c(N)ncnc21)C(=O)Cn1cc(C)c(=O)[nH]c1=O. The summed E-state index contributed by atoms with van der Waals surface area (Å²) in [6.45, 7) is -2.39. The summed E-state index contributed by atoms with van der Waals surface area (Å²) in [7, 11) is 1.14. The molecular formula is C38H49N15O11. The van der Waals surface area contributed by atoms with Crippen LogP contribution in [0.3, 0.4) is 0 Å². The number of anilines is 1. The zero-order valence-corrected chi connectivity index (χ0v) is 35.0. The number of aliphatic imine (C=N–C) groups is 1. The van der Waals surface area contributed by atoms with E-state index in [2.05, 4.69) is 35.9 Å². The van der Waals surface area contributed by atoms with Crippen LogP contribution >= 0.6 is 0 Å². The number of esters is 1. The van der Waals surface area contributed by atoms with Gasteiger partial charge in [0, 0.05) is 44.4 Å². The second-order valence-corrected chi connectivity index (χ2v) is 13.9. The second-order valence-electron chi connectivity index (χ2n) is 13.9. The zero-order chi connectivity index (χ0) is 46.8. The van der Waals surface area contributed by atoms with E-state index in [1.165, 1.54) is 24.1 Å². The molecule has 3 heterocycles. The van der Waals surface area contributed by atoms with Gasteiger partial charge in [-0.3, -0.25) is 48.2 Å². The van der Waals surface area contributed by atoms with E-state index in [1.54, 1.807) is 30.3 Å². The number of rotatable bonds is 22. The molecule has 0 bridgehead atoms. The van der Waals surface area contributed by atoms with Gasteiger partial charge in [0.2, 0.25) is 29.5 Å². The number of alkyl carbamates (subject to hydrolysis) is 1. The first-order valence-corrected chi connectivity index (χ1v) is 19.5. The third-order valence-electron chi connectivity index (χ3n) is 9.12. The van der Waals surface area contributed by atoms with Gasteiger partial charge in [-0.05, 0) is 25.3 Å². The summed E-state index contributed by atoms with van der Waals surface area (Å²) in [6, 6.07) is 7.78. The Morgan fingerprint density at radius 2 is 1.64 bits per heavy atom. The summed E-state index contributed by atoms with van der Waals surface area (Å²) in [4.78, 5) is 137. The molecule has 64 heavy (non-hydrogen) atoms. The molecule has 0 unspecified atom stereocenters. The highest BCUT2D eigenvalue weighted by molar-refractivity contribution is 6.00. The number of aromatic nitrogens is 6. The molecular weight excluding hydrogens is 843 g/mol. The molecule has 6 amide bonds. The number of nitrogens with zero attached hydrogens (tertiary/aromatic N) is 8. The number of nitrogens with one attached hydrogen (secondary N) is 4. The first-order valence-electron chi connectivity index (χ1n) is 19.5. The van der Waals surface area contributed by atoms with Crippen LogP contribution in [-0.4, -0.2) is 139 Å². The number of imide groups is 1. The summed E-state index contributed by atoms with van der Waals surface area (Å²) in [5, 5.41) is 7.43. The van der Waals surface area contributed by atoms with Gasteiger partial charge >= 0.3 is 17.8 Å². The Morgan fingerprint density at radius 3 is 2.36 bits per heavy atom. The van der Waals surface area contributed by atoms with Crippen molar-refractivity contribution >= 4 is 64.5 Å². The quantitative estimate of drug-likeness (QED) is 0.0175. The van der Waals surface area contributed by atoms with Crippen molar-refractivity contribution in [2.75, 3.05) is 52.1 Å². The van der Waals surface area contributed by atoms with E-state index in [9.17, 15) is 43.2 Å². The number of guanidine groups is 1. The van der Waals surface area contributed by atoms with E-state index in [-0.39, 0.29) is 74.1 Å². The molecule has 0 aliphatic rings. The van der Waals surface area contributed by atoms with Gasteiger partial charge in [-0.2, -0.15) is 0 Å². The lowest BCUT2D eigenvalue weighted by molar-refractivity contribution is -0.151. The van der Waals surface area contributed by atoms with Crippen LogP contribution in [0.25, 0.3) is 11.2 Å². The molecule has 0 spiro atoms. The van der Waals surface area contributed by atoms with Gasteiger partial charge in [0.1, 0.15) is 50.7 Å². The van der Waals surface area contributed by atoms with Gasteiger partial charge in [0.15, 0.2) is 17.4 Å². The van der Waals surface area contributed by atoms with E-state index in [0.717, 1.165) is 22.8 Å². The summed E-state index contributed by atoms with van der Waals surface area (Å²) in [5.74, 6) is -5.30. The molecule has 0 fully saturated rings. The molecule has 10 N–H and O–H groups in total. The Balaban J connectivity index is 1.50. The van der Waals surface area contributed by atoms with E-state index in [4.69, 9.17) is 26.7 Å². The first kappa shape index (κ1) is 48.5. The van der Waals surface area contributed by atoms with Crippen LogP contribution in [0.4, 0.5) is 10.6 Å². The number of nitrogen functional groups attached to an aromatic ring is 1. The largest absolute Gasteiger partial charge is 0.467 e. The average Bonchev–Trinajstić information content (AvgIpc) is 3.67. The monoisotopic (exact) mass is 891 g/mol. The number of carbonyl (C=O) groups is 7. The van der Waals surface area contributed by atoms with Gasteiger partial charge in [-0.15, -0.1) is 0 Å². The average molecular weight is 892 g/mol. The summed E-state index contributed by atoms with van der Waals surface area (Å²) >= 11 is 0. The Labute approximate surface area is 363 Å². The van der Waals surface area contributed by atoms with Crippen molar-refractivity contribution in [3.05, 3.63) is 81.1 Å². The molecule has 1 aromatic carbocycles. The highest BCUT2D eigenvalue weighted by Crippen LogP contribution is 2.14. The van der Waals surface area contributed by atoms with Crippen LogP contribution in [-0.2, 0) is 57.9 Å². The lowest BCUT2D eigenvalue weighted by Crippen LogP contribution is -2.52. The van der Waals surface area contributed by atoms with E-state index in [0.29, 0.717) is 16.9 Å². The molecule has 0 aliphatic carbocycles. The van der Waals surface area contributed by atoms with Crippen molar-refractivity contribution in [3.8, 4) is 0 Å². The minimum absolute atomic E-state index is 0.0488. The smallest absolute Gasteiger partial charge is 0.407 e. The number of imidazole rings is 1. The minimum atomic E-state index is -1.09. The number of hydrogen-bond acceptors (Lipinski definition) is 16. The number of methoxy groups -OCH3 is 1. The highest BCUT2D eigenvalue weighted by Gasteiger charge is 2.29. The molecule has 3 aromatic heterocycles. The first-order chi connectivity index (χ1) is 30.6. The van der Waals surface area contributed by atoms with Gasteiger partial charge < -0.3 is 52.1 Å². The Kier molecular flexibility index (Phi) is 18.0. The van der Waals surface area contributed by atoms with Gasteiger partial charge in [-0.25, -0.2) is 29.3 Å². The summed E-state index contributed by atoms with van der Waals surface area (Å²) in [5.41, 5.74) is 16.0. The maximum Gasteiger partial charge on any atom is 0.407 e. The maximum atomic E-state index is 14.1. The van der Waals surface area contributed by atoms with Gasteiger partial charge in [-0.1, -0.05) is 30.3 Å². The number of hydrogen-bond donors (Lipinski definition) is 7.